The summed E-state index contributed by atoms with van der Waals surface area (Å²) in [5.41, 5.74) is 2.93. The molecule has 0 saturated heterocycles. The zero-order valence-electron chi connectivity index (χ0n) is 14.6. The van der Waals surface area contributed by atoms with E-state index >= 15 is 0 Å². The van der Waals surface area contributed by atoms with Gasteiger partial charge in [-0.1, -0.05) is 78.9 Å². The number of hydrogen-bond donors (Lipinski definition) is 2. The SMILES string of the molecule is Oc1ccccc1C1(c2ccccc2O)C=CC=C2C=c3ccccc3=C21. The smallest absolute Gasteiger partial charge is 0.120 e. The highest BCUT2D eigenvalue weighted by atomic mass is 16.3. The van der Waals surface area contributed by atoms with Gasteiger partial charge < -0.3 is 10.2 Å². The van der Waals surface area contributed by atoms with Gasteiger partial charge in [0.2, 0.25) is 0 Å². The Labute approximate surface area is 157 Å². The van der Waals surface area contributed by atoms with Crippen molar-refractivity contribution in [3.63, 3.8) is 0 Å². The molecule has 5 rings (SSSR count). The van der Waals surface area contributed by atoms with E-state index in [-0.39, 0.29) is 11.5 Å². The van der Waals surface area contributed by atoms with E-state index in [2.05, 4.69) is 30.4 Å². The maximum atomic E-state index is 10.8. The third-order valence-electron chi connectivity index (χ3n) is 5.50. The fourth-order valence-electron chi connectivity index (χ4n) is 4.40. The second-order valence-electron chi connectivity index (χ2n) is 6.93. The highest BCUT2D eigenvalue weighted by Crippen LogP contribution is 2.51. The van der Waals surface area contributed by atoms with Gasteiger partial charge >= 0.3 is 0 Å². The second kappa shape index (κ2) is 5.75. The van der Waals surface area contributed by atoms with Crippen molar-refractivity contribution in [1.82, 2.24) is 0 Å². The summed E-state index contributed by atoms with van der Waals surface area (Å²) >= 11 is 0. The Morgan fingerprint density at radius 2 is 1.26 bits per heavy atom. The molecule has 0 atom stereocenters. The highest BCUT2D eigenvalue weighted by Gasteiger charge is 2.43. The maximum Gasteiger partial charge on any atom is 0.120 e. The molecule has 0 aromatic heterocycles. The van der Waals surface area contributed by atoms with Crippen molar-refractivity contribution in [2.75, 3.05) is 0 Å². The molecule has 0 bridgehead atoms. The van der Waals surface area contributed by atoms with Gasteiger partial charge in [-0.25, -0.2) is 0 Å². The van der Waals surface area contributed by atoms with Gasteiger partial charge in [0.1, 0.15) is 11.5 Å². The molecule has 3 aromatic rings. The van der Waals surface area contributed by atoms with Crippen molar-refractivity contribution < 1.29 is 10.2 Å². The lowest BCUT2D eigenvalue weighted by molar-refractivity contribution is 0.452. The van der Waals surface area contributed by atoms with Gasteiger partial charge in [0.05, 0.1) is 5.41 Å². The third kappa shape index (κ3) is 2.13. The first-order valence-corrected chi connectivity index (χ1v) is 9.00. The second-order valence-corrected chi connectivity index (χ2v) is 6.93. The molecule has 2 aliphatic rings. The molecule has 0 unspecified atom stereocenters. The highest BCUT2D eigenvalue weighted by molar-refractivity contribution is 5.94. The molecule has 2 aliphatic carbocycles. The number of phenols is 2. The summed E-state index contributed by atoms with van der Waals surface area (Å²) in [6, 6.07) is 23.0. The van der Waals surface area contributed by atoms with Gasteiger partial charge in [0, 0.05) is 11.1 Å². The summed E-state index contributed by atoms with van der Waals surface area (Å²) in [6.45, 7) is 0. The van der Waals surface area contributed by atoms with Crippen molar-refractivity contribution >= 4 is 11.6 Å². The Bertz CT molecular complexity index is 1200. The third-order valence-corrected chi connectivity index (χ3v) is 5.50. The minimum Gasteiger partial charge on any atom is -0.508 e. The standard InChI is InChI=1S/C25H18O2/c26-22-13-5-3-11-20(22)25(21-12-4-6-14-23(21)27)15-7-9-18-16-17-8-1-2-10-19(17)24(18)25/h1-16,26-27H. The van der Waals surface area contributed by atoms with E-state index in [0.29, 0.717) is 0 Å². The van der Waals surface area contributed by atoms with E-state index in [1.807, 2.05) is 54.6 Å². The maximum absolute atomic E-state index is 10.8. The molecule has 2 nitrogen and oxygen atoms in total. The van der Waals surface area contributed by atoms with Crippen molar-refractivity contribution in [3.8, 4) is 11.5 Å². The first kappa shape index (κ1) is 15.7. The molecule has 130 valence electrons. The number of rotatable bonds is 2. The van der Waals surface area contributed by atoms with Crippen molar-refractivity contribution in [3.05, 3.63) is 118 Å². The Morgan fingerprint density at radius 1 is 0.667 bits per heavy atom. The van der Waals surface area contributed by atoms with Gasteiger partial charge in [-0.3, -0.25) is 0 Å². The first-order chi connectivity index (χ1) is 13.2. The van der Waals surface area contributed by atoms with Gasteiger partial charge in [-0.2, -0.15) is 0 Å². The van der Waals surface area contributed by atoms with Crippen LogP contribution in [0.25, 0.3) is 11.6 Å². The molecular weight excluding hydrogens is 332 g/mol. The van der Waals surface area contributed by atoms with Crippen LogP contribution in [0.2, 0.25) is 0 Å². The average molecular weight is 350 g/mol. The molecule has 2 heteroatoms. The fraction of sp³-hybridized carbons (Fsp3) is 0.0400. The topological polar surface area (TPSA) is 40.5 Å². The van der Waals surface area contributed by atoms with Crippen molar-refractivity contribution in [1.29, 1.82) is 0 Å². The normalized spacial score (nSPS) is 16.3. The molecule has 0 aliphatic heterocycles. The van der Waals surface area contributed by atoms with E-state index < -0.39 is 5.41 Å². The predicted octanol–water partition coefficient (Wildman–Crippen LogP) is 3.53. The molecule has 2 N–H and O–H groups in total. The lowest BCUT2D eigenvalue weighted by Crippen LogP contribution is -2.35. The van der Waals surface area contributed by atoms with Gasteiger partial charge in [-0.05, 0) is 39.8 Å². The van der Waals surface area contributed by atoms with Gasteiger partial charge in [0.15, 0.2) is 0 Å². The lowest BCUT2D eigenvalue weighted by atomic mass is 9.64. The van der Waals surface area contributed by atoms with E-state index in [0.717, 1.165) is 32.7 Å². The number of fused-ring (bicyclic) bond motifs is 2. The molecule has 0 radical (unpaired) electrons. The quantitative estimate of drug-likeness (QED) is 0.742. The summed E-state index contributed by atoms with van der Waals surface area (Å²) in [5, 5.41) is 23.9. The minimum absolute atomic E-state index is 0.212. The summed E-state index contributed by atoms with van der Waals surface area (Å²) in [5.74, 6) is 0.423. The van der Waals surface area contributed by atoms with Crippen LogP contribution in [0.4, 0.5) is 0 Å². The number of hydrogen-bond acceptors (Lipinski definition) is 2. The molecule has 0 amide bonds. The van der Waals surface area contributed by atoms with Crippen LogP contribution in [-0.4, -0.2) is 10.2 Å². The number of benzene rings is 3. The number of aromatic hydroxyl groups is 2. The molecule has 0 fully saturated rings. The van der Waals surface area contributed by atoms with Crippen LogP contribution in [0.1, 0.15) is 11.1 Å². The summed E-state index contributed by atoms with van der Waals surface area (Å²) < 4.78 is 0. The van der Waals surface area contributed by atoms with Crippen molar-refractivity contribution in [2.24, 2.45) is 0 Å². The zero-order valence-corrected chi connectivity index (χ0v) is 14.6. The predicted molar refractivity (Wildman–Crippen MR) is 108 cm³/mol. The van der Waals surface area contributed by atoms with Crippen LogP contribution in [0.5, 0.6) is 11.5 Å². The molecule has 0 spiro atoms. The number of para-hydroxylation sites is 2. The van der Waals surface area contributed by atoms with Crippen LogP contribution in [-0.2, 0) is 5.41 Å². The number of allylic oxidation sites excluding steroid dienone is 4. The van der Waals surface area contributed by atoms with E-state index in [4.69, 9.17) is 0 Å². The number of phenolic OH excluding ortho intramolecular Hbond substituents is 2. The largest absolute Gasteiger partial charge is 0.508 e. The first-order valence-electron chi connectivity index (χ1n) is 9.00. The summed E-state index contributed by atoms with van der Waals surface area (Å²) in [6.07, 6.45) is 8.35. The van der Waals surface area contributed by atoms with Crippen LogP contribution in [0.15, 0.2) is 96.6 Å². The monoisotopic (exact) mass is 350 g/mol. The van der Waals surface area contributed by atoms with Crippen LogP contribution >= 0.6 is 0 Å². The zero-order chi connectivity index (χ0) is 18.4. The lowest BCUT2D eigenvalue weighted by Gasteiger charge is -2.37. The average Bonchev–Trinajstić information content (AvgIpc) is 3.08. The van der Waals surface area contributed by atoms with E-state index in [9.17, 15) is 10.2 Å². The van der Waals surface area contributed by atoms with Gasteiger partial charge in [-0.15, -0.1) is 0 Å². The molecule has 3 aromatic carbocycles. The van der Waals surface area contributed by atoms with Crippen LogP contribution < -0.4 is 10.4 Å². The molecule has 27 heavy (non-hydrogen) atoms. The Morgan fingerprint density at radius 3 is 1.93 bits per heavy atom. The van der Waals surface area contributed by atoms with Crippen LogP contribution in [0.3, 0.4) is 0 Å². The molecule has 0 heterocycles. The van der Waals surface area contributed by atoms with Crippen LogP contribution in [0, 0.1) is 0 Å². The van der Waals surface area contributed by atoms with Crippen molar-refractivity contribution in [2.45, 2.75) is 5.41 Å². The Hall–Kier alpha value is -3.52. The van der Waals surface area contributed by atoms with E-state index in [1.54, 1.807) is 12.1 Å². The van der Waals surface area contributed by atoms with Gasteiger partial charge in [0.25, 0.3) is 0 Å². The summed E-state index contributed by atoms with van der Waals surface area (Å²) in [7, 11) is 0. The minimum atomic E-state index is -0.774. The Kier molecular flexibility index (Phi) is 3.34. The molecule has 0 saturated carbocycles. The fourth-order valence-corrected chi connectivity index (χ4v) is 4.40. The Balaban J connectivity index is 1.99. The molecular formula is C25H18O2. The summed E-state index contributed by atoms with van der Waals surface area (Å²) in [4.78, 5) is 0. The van der Waals surface area contributed by atoms with E-state index in [1.165, 1.54) is 0 Å².